The highest BCUT2D eigenvalue weighted by molar-refractivity contribution is 9.10. The first kappa shape index (κ1) is 13.0. The van der Waals surface area contributed by atoms with Crippen LogP contribution in [0.1, 0.15) is 27.7 Å². The molecule has 0 N–H and O–H groups in total. The van der Waals surface area contributed by atoms with Crippen LogP contribution >= 0.6 is 15.9 Å². The lowest BCUT2D eigenvalue weighted by Crippen LogP contribution is -2.41. The lowest BCUT2D eigenvalue weighted by atomic mass is 9.80. The summed E-state index contributed by atoms with van der Waals surface area (Å²) in [5.41, 5.74) is -0.103. The van der Waals surface area contributed by atoms with Crippen LogP contribution in [-0.4, -0.2) is 23.3 Å². The van der Waals surface area contributed by atoms with Crippen molar-refractivity contribution >= 4 is 28.5 Å². The van der Waals surface area contributed by atoms with Crippen molar-refractivity contribution in [3.63, 3.8) is 0 Å². The van der Waals surface area contributed by atoms with Crippen molar-refractivity contribution in [2.24, 2.45) is 0 Å². The van der Waals surface area contributed by atoms with E-state index in [4.69, 9.17) is 9.31 Å². The van der Waals surface area contributed by atoms with E-state index in [-0.39, 0.29) is 0 Å². The van der Waals surface area contributed by atoms with Gasteiger partial charge in [0.05, 0.1) is 15.7 Å². The molecular formula is C11H14BBrFNO2. The van der Waals surface area contributed by atoms with Gasteiger partial charge in [0, 0.05) is 11.7 Å². The SMILES string of the molecule is CC1(C)OB(c2cnc(F)c(Br)c2)OC1(C)C. The number of pyridine rings is 1. The van der Waals surface area contributed by atoms with Gasteiger partial charge >= 0.3 is 7.12 Å². The third-order valence-corrected chi connectivity index (χ3v) is 3.90. The summed E-state index contributed by atoms with van der Waals surface area (Å²) in [4.78, 5) is 3.65. The summed E-state index contributed by atoms with van der Waals surface area (Å²) in [6, 6.07) is 1.63. The molecule has 0 radical (unpaired) electrons. The predicted molar refractivity (Wildman–Crippen MR) is 67.6 cm³/mol. The second-order valence-corrected chi connectivity index (χ2v) is 5.98. The topological polar surface area (TPSA) is 31.4 Å². The number of hydrogen-bond donors (Lipinski definition) is 0. The van der Waals surface area contributed by atoms with Crippen molar-refractivity contribution in [2.45, 2.75) is 38.9 Å². The number of hydrogen-bond acceptors (Lipinski definition) is 3. The quantitative estimate of drug-likeness (QED) is 0.589. The fraction of sp³-hybridized carbons (Fsp3) is 0.545. The molecule has 1 aromatic heterocycles. The van der Waals surface area contributed by atoms with Gasteiger partial charge in [0.25, 0.3) is 0 Å². The van der Waals surface area contributed by atoms with E-state index in [1.807, 2.05) is 27.7 Å². The molecule has 2 heterocycles. The van der Waals surface area contributed by atoms with Gasteiger partial charge in [0.1, 0.15) is 0 Å². The minimum atomic E-state index is -0.537. The number of nitrogens with zero attached hydrogens (tertiary/aromatic N) is 1. The van der Waals surface area contributed by atoms with Crippen molar-refractivity contribution in [3.8, 4) is 0 Å². The molecule has 0 spiro atoms. The Morgan fingerprint density at radius 3 is 2.24 bits per heavy atom. The zero-order chi connectivity index (χ0) is 12.8. The van der Waals surface area contributed by atoms with Crippen molar-refractivity contribution in [1.29, 1.82) is 0 Å². The zero-order valence-electron chi connectivity index (χ0n) is 10.3. The third kappa shape index (κ3) is 2.26. The Morgan fingerprint density at radius 1 is 1.24 bits per heavy atom. The first-order chi connectivity index (χ1) is 7.73. The summed E-state index contributed by atoms with van der Waals surface area (Å²) < 4.78 is 25.0. The Morgan fingerprint density at radius 2 is 1.76 bits per heavy atom. The molecule has 17 heavy (non-hydrogen) atoms. The third-order valence-electron chi connectivity index (χ3n) is 3.34. The molecule has 92 valence electrons. The van der Waals surface area contributed by atoms with Gasteiger partial charge in [-0.05, 0) is 49.7 Å². The molecule has 0 aromatic carbocycles. The van der Waals surface area contributed by atoms with Crippen molar-refractivity contribution < 1.29 is 13.7 Å². The monoisotopic (exact) mass is 301 g/mol. The second-order valence-electron chi connectivity index (χ2n) is 5.13. The van der Waals surface area contributed by atoms with Crippen LogP contribution in [0.25, 0.3) is 0 Å². The van der Waals surface area contributed by atoms with Gasteiger partial charge in [-0.25, -0.2) is 4.98 Å². The fourth-order valence-corrected chi connectivity index (χ4v) is 1.91. The molecule has 0 unspecified atom stereocenters. The molecule has 6 heteroatoms. The maximum atomic E-state index is 13.1. The number of halogens is 2. The Kier molecular flexibility index (Phi) is 3.08. The molecule has 0 saturated carbocycles. The highest BCUT2D eigenvalue weighted by Gasteiger charge is 2.51. The van der Waals surface area contributed by atoms with Crippen LogP contribution in [0, 0.1) is 5.95 Å². The molecule has 1 aliphatic heterocycles. The average Bonchev–Trinajstić information content (AvgIpc) is 2.41. The average molecular weight is 302 g/mol. The molecule has 1 saturated heterocycles. The Labute approximate surface area is 109 Å². The predicted octanol–water partition coefficient (Wildman–Crippen LogP) is 2.28. The Hall–Kier alpha value is -0.455. The van der Waals surface area contributed by atoms with E-state index in [1.165, 1.54) is 6.20 Å². The lowest BCUT2D eigenvalue weighted by molar-refractivity contribution is 0.00578. The first-order valence-corrected chi connectivity index (χ1v) is 6.19. The van der Waals surface area contributed by atoms with Crippen molar-refractivity contribution in [1.82, 2.24) is 4.98 Å². The highest BCUT2D eigenvalue weighted by Crippen LogP contribution is 2.36. The Balaban J connectivity index is 2.29. The number of rotatable bonds is 1. The van der Waals surface area contributed by atoms with Crippen LogP contribution in [-0.2, 0) is 9.31 Å². The maximum absolute atomic E-state index is 13.1. The molecule has 1 fully saturated rings. The summed E-state index contributed by atoms with van der Waals surface area (Å²) in [6.45, 7) is 7.88. The van der Waals surface area contributed by atoms with Gasteiger partial charge in [-0.3, -0.25) is 0 Å². The molecule has 2 rings (SSSR count). The molecule has 1 aromatic rings. The summed E-state index contributed by atoms with van der Waals surface area (Å²) in [6.07, 6.45) is 1.43. The molecular weight excluding hydrogens is 288 g/mol. The van der Waals surface area contributed by atoms with Crippen LogP contribution in [0.15, 0.2) is 16.7 Å². The summed E-state index contributed by atoms with van der Waals surface area (Å²) in [5.74, 6) is -0.537. The van der Waals surface area contributed by atoms with E-state index in [1.54, 1.807) is 6.07 Å². The number of aromatic nitrogens is 1. The van der Waals surface area contributed by atoms with Crippen LogP contribution in [0.3, 0.4) is 0 Å². The van der Waals surface area contributed by atoms with Gasteiger partial charge < -0.3 is 9.31 Å². The van der Waals surface area contributed by atoms with E-state index in [0.29, 0.717) is 9.94 Å². The standard InChI is InChI=1S/C11H14BBrFNO2/c1-10(2)11(3,4)17-12(16-10)7-5-8(13)9(14)15-6-7/h5-6H,1-4H3. The highest BCUT2D eigenvalue weighted by atomic mass is 79.9. The van der Waals surface area contributed by atoms with Crippen molar-refractivity contribution in [2.75, 3.05) is 0 Å². The first-order valence-electron chi connectivity index (χ1n) is 5.39. The lowest BCUT2D eigenvalue weighted by Gasteiger charge is -2.32. The normalized spacial score (nSPS) is 21.9. The van der Waals surface area contributed by atoms with Crippen LogP contribution < -0.4 is 5.46 Å². The molecule has 0 atom stereocenters. The van der Waals surface area contributed by atoms with Crippen LogP contribution in [0.4, 0.5) is 4.39 Å². The minimum absolute atomic E-state index is 0.310. The second kappa shape index (κ2) is 4.04. The summed E-state index contributed by atoms with van der Waals surface area (Å²) in [7, 11) is -0.510. The van der Waals surface area contributed by atoms with Crippen molar-refractivity contribution in [3.05, 3.63) is 22.7 Å². The maximum Gasteiger partial charge on any atom is 0.496 e. The zero-order valence-corrected chi connectivity index (χ0v) is 11.8. The van der Waals surface area contributed by atoms with E-state index in [0.717, 1.165) is 0 Å². The molecule has 0 amide bonds. The summed E-state index contributed by atoms with van der Waals surface area (Å²) in [5, 5.41) is 0. The van der Waals surface area contributed by atoms with E-state index in [2.05, 4.69) is 20.9 Å². The van der Waals surface area contributed by atoms with Crippen LogP contribution in [0.2, 0.25) is 0 Å². The van der Waals surface area contributed by atoms with Gasteiger partial charge in [-0.2, -0.15) is 4.39 Å². The van der Waals surface area contributed by atoms with Gasteiger partial charge in [-0.1, -0.05) is 0 Å². The van der Waals surface area contributed by atoms with E-state index < -0.39 is 24.3 Å². The van der Waals surface area contributed by atoms with E-state index >= 15 is 0 Å². The Bertz CT molecular complexity index is 437. The van der Waals surface area contributed by atoms with E-state index in [9.17, 15) is 4.39 Å². The molecule has 0 aliphatic carbocycles. The smallest absolute Gasteiger partial charge is 0.399 e. The largest absolute Gasteiger partial charge is 0.496 e. The minimum Gasteiger partial charge on any atom is -0.399 e. The molecule has 0 bridgehead atoms. The summed E-state index contributed by atoms with van der Waals surface area (Å²) >= 11 is 3.10. The van der Waals surface area contributed by atoms with Gasteiger partial charge in [0.2, 0.25) is 5.95 Å². The fourth-order valence-electron chi connectivity index (χ4n) is 1.54. The molecule has 1 aliphatic rings. The van der Waals surface area contributed by atoms with Gasteiger partial charge in [0.15, 0.2) is 0 Å². The van der Waals surface area contributed by atoms with Crippen LogP contribution in [0.5, 0.6) is 0 Å². The van der Waals surface area contributed by atoms with Gasteiger partial charge in [-0.15, -0.1) is 0 Å². The molecule has 3 nitrogen and oxygen atoms in total.